The maximum absolute atomic E-state index is 13.4. The first-order valence-corrected chi connectivity index (χ1v) is 7.74. The van der Waals surface area contributed by atoms with Gasteiger partial charge in [-0.15, -0.1) is 0 Å². The lowest BCUT2D eigenvalue weighted by Crippen LogP contribution is -2.18. The van der Waals surface area contributed by atoms with Crippen molar-refractivity contribution in [3.63, 3.8) is 0 Å². The molecular weight excluding hydrogens is 324 g/mol. The van der Waals surface area contributed by atoms with Crippen LogP contribution in [0.4, 0.5) is 28.9 Å². The van der Waals surface area contributed by atoms with Crippen LogP contribution in [0.25, 0.3) is 0 Å². The Hall–Kier alpha value is -2.31. The maximum Gasteiger partial charge on any atom is 0.419 e. The van der Waals surface area contributed by atoms with Crippen LogP contribution in [0.1, 0.15) is 47.8 Å². The van der Waals surface area contributed by atoms with Crippen LogP contribution >= 0.6 is 0 Å². The van der Waals surface area contributed by atoms with Gasteiger partial charge in [-0.05, 0) is 54.9 Å². The standard InChI is InChI=1S/C17H14F4N2O/c18-12-4-3-10(6-11(12)17(19,20)21)23-13-7-22-16(24)15-9-2-1-8(5-9)14(13)15/h3-4,6-9,23H,1-2,5H2,(H,22,24). The predicted molar refractivity (Wildman–Crippen MR) is 81.1 cm³/mol. The molecule has 0 saturated heterocycles. The molecule has 2 bridgehead atoms. The summed E-state index contributed by atoms with van der Waals surface area (Å²) in [5, 5.41) is 2.92. The summed E-state index contributed by atoms with van der Waals surface area (Å²) in [6.07, 6.45) is -0.410. The first kappa shape index (κ1) is 15.2. The predicted octanol–water partition coefficient (Wildman–Crippen LogP) is 4.64. The number of alkyl halides is 3. The fourth-order valence-electron chi connectivity index (χ4n) is 3.99. The van der Waals surface area contributed by atoms with Crippen molar-refractivity contribution in [1.82, 2.24) is 4.98 Å². The number of rotatable bonds is 2. The number of hydrogen-bond donors (Lipinski definition) is 2. The highest BCUT2D eigenvalue weighted by Gasteiger charge is 2.40. The molecule has 2 atom stereocenters. The molecule has 2 unspecified atom stereocenters. The van der Waals surface area contributed by atoms with Crippen LogP contribution in [0.5, 0.6) is 0 Å². The summed E-state index contributed by atoms with van der Waals surface area (Å²) in [4.78, 5) is 14.7. The topological polar surface area (TPSA) is 44.9 Å². The molecule has 1 aromatic heterocycles. The number of H-pyrrole nitrogens is 1. The van der Waals surface area contributed by atoms with Crippen molar-refractivity contribution in [2.45, 2.75) is 37.3 Å². The first-order valence-electron chi connectivity index (χ1n) is 7.74. The summed E-state index contributed by atoms with van der Waals surface area (Å²) < 4.78 is 51.9. The molecule has 1 saturated carbocycles. The zero-order valence-corrected chi connectivity index (χ0v) is 12.5. The van der Waals surface area contributed by atoms with Gasteiger partial charge in [-0.25, -0.2) is 4.39 Å². The molecule has 126 valence electrons. The fourth-order valence-corrected chi connectivity index (χ4v) is 3.99. The molecule has 2 aliphatic rings. The molecule has 0 radical (unpaired) electrons. The second-order valence-corrected chi connectivity index (χ2v) is 6.38. The van der Waals surface area contributed by atoms with Gasteiger partial charge < -0.3 is 10.3 Å². The monoisotopic (exact) mass is 338 g/mol. The lowest BCUT2D eigenvalue weighted by atomic mass is 9.92. The van der Waals surface area contributed by atoms with E-state index in [4.69, 9.17) is 0 Å². The Kier molecular flexibility index (Phi) is 3.23. The van der Waals surface area contributed by atoms with Crippen LogP contribution in [-0.2, 0) is 6.18 Å². The highest BCUT2D eigenvalue weighted by molar-refractivity contribution is 5.67. The number of benzene rings is 1. The van der Waals surface area contributed by atoms with Crippen molar-refractivity contribution in [3.05, 3.63) is 57.3 Å². The van der Waals surface area contributed by atoms with Crippen LogP contribution < -0.4 is 10.9 Å². The third kappa shape index (κ3) is 2.30. The lowest BCUT2D eigenvalue weighted by Gasteiger charge is -2.19. The SMILES string of the molecule is O=c1[nH]cc(Nc2ccc(F)c(C(F)(F)F)c2)c2c1C1CCC2C1. The Morgan fingerprint density at radius 1 is 1.12 bits per heavy atom. The van der Waals surface area contributed by atoms with Gasteiger partial charge in [-0.3, -0.25) is 4.79 Å². The smallest absolute Gasteiger partial charge is 0.354 e. The molecule has 0 amide bonds. The number of fused-ring (bicyclic) bond motifs is 5. The minimum atomic E-state index is -4.76. The third-order valence-corrected chi connectivity index (χ3v) is 4.97. The Labute approximate surface area is 134 Å². The normalized spacial score (nSPS) is 21.8. The highest BCUT2D eigenvalue weighted by Crippen LogP contribution is 2.54. The molecule has 3 nitrogen and oxygen atoms in total. The van der Waals surface area contributed by atoms with Crippen LogP contribution in [0.3, 0.4) is 0 Å². The zero-order chi connectivity index (χ0) is 17.1. The molecule has 4 rings (SSSR count). The van der Waals surface area contributed by atoms with Crippen LogP contribution in [0.15, 0.2) is 29.2 Å². The maximum atomic E-state index is 13.4. The molecule has 1 heterocycles. The second-order valence-electron chi connectivity index (χ2n) is 6.38. The molecule has 1 aromatic carbocycles. The van der Waals surface area contributed by atoms with Crippen LogP contribution in [-0.4, -0.2) is 4.98 Å². The van der Waals surface area contributed by atoms with Crippen molar-refractivity contribution in [3.8, 4) is 0 Å². The van der Waals surface area contributed by atoms with Crippen molar-refractivity contribution in [2.24, 2.45) is 0 Å². The minimum absolute atomic E-state index is 0.127. The summed E-state index contributed by atoms with van der Waals surface area (Å²) in [5.74, 6) is -0.814. The number of pyridine rings is 1. The summed E-state index contributed by atoms with van der Waals surface area (Å²) in [5.41, 5.74) is 0.937. The van der Waals surface area contributed by atoms with E-state index in [9.17, 15) is 22.4 Å². The lowest BCUT2D eigenvalue weighted by molar-refractivity contribution is -0.139. The molecule has 24 heavy (non-hydrogen) atoms. The Morgan fingerprint density at radius 3 is 2.54 bits per heavy atom. The van der Waals surface area contributed by atoms with Crippen LogP contribution in [0, 0.1) is 5.82 Å². The van der Waals surface area contributed by atoms with Gasteiger partial charge in [-0.2, -0.15) is 13.2 Å². The van der Waals surface area contributed by atoms with Crippen molar-refractivity contribution >= 4 is 11.4 Å². The van der Waals surface area contributed by atoms with E-state index in [-0.39, 0.29) is 23.1 Å². The van der Waals surface area contributed by atoms with E-state index in [0.29, 0.717) is 5.69 Å². The molecular formula is C17H14F4N2O. The quantitative estimate of drug-likeness (QED) is 0.784. The average Bonchev–Trinajstić information content (AvgIpc) is 3.12. The van der Waals surface area contributed by atoms with E-state index in [0.717, 1.165) is 42.5 Å². The number of halogens is 4. The molecule has 2 aliphatic carbocycles. The van der Waals surface area contributed by atoms with Gasteiger partial charge in [0.05, 0.1) is 11.3 Å². The number of hydrogen-bond acceptors (Lipinski definition) is 2. The number of anilines is 2. The number of aromatic amines is 1. The van der Waals surface area contributed by atoms with E-state index in [1.807, 2.05) is 0 Å². The minimum Gasteiger partial charge on any atom is -0.354 e. The van der Waals surface area contributed by atoms with E-state index < -0.39 is 17.6 Å². The van der Waals surface area contributed by atoms with Gasteiger partial charge in [0, 0.05) is 17.4 Å². The second kappa shape index (κ2) is 5.09. The highest BCUT2D eigenvalue weighted by atomic mass is 19.4. The Bertz CT molecular complexity index is 872. The molecule has 2 aromatic rings. The van der Waals surface area contributed by atoms with Gasteiger partial charge in [0.1, 0.15) is 5.82 Å². The van der Waals surface area contributed by atoms with Crippen LogP contribution in [0.2, 0.25) is 0 Å². The average molecular weight is 338 g/mol. The van der Waals surface area contributed by atoms with Crippen molar-refractivity contribution in [1.29, 1.82) is 0 Å². The molecule has 0 spiro atoms. The summed E-state index contributed by atoms with van der Waals surface area (Å²) in [7, 11) is 0. The summed E-state index contributed by atoms with van der Waals surface area (Å²) >= 11 is 0. The largest absolute Gasteiger partial charge is 0.419 e. The van der Waals surface area contributed by atoms with E-state index in [1.54, 1.807) is 0 Å². The van der Waals surface area contributed by atoms with Gasteiger partial charge in [0.2, 0.25) is 0 Å². The van der Waals surface area contributed by atoms with Gasteiger partial charge in [0.25, 0.3) is 5.56 Å². The number of nitrogens with one attached hydrogen (secondary N) is 2. The molecule has 1 fully saturated rings. The van der Waals surface area contributed by atoms with Crippen molar-refractivity contribution in [2.75, 3.05) is 5.32 Å². The number of aromatic nitrogens is 1. The zero-order valence-electron chi connectivity index (χ0n) is 12.5. The Balaban J connectivity index is 1.75. The molecule has 0 aliphatic heterocycles. The Morgan fingerprint density at radius 2 is 1.83 bits per heavy atom. The summed E-state index contributed by atoms with van der Waals surface area (Å²) in [6.45, 7) is 0. The van der Waals surface area contributed by atoms with Gasteiger partial charge in [-0.1, -0.05) is 0 Å². The van der Waals surface area contributed by atoms with Gasteiger partial charge in [0.15, 0.2) is 0 Å². The first-order chi connectivity index (χ1) is 11.3. The van der Waals surface area contributed by atoms with Crippen molar-refractivity contribution < 1.29 is 17.6 Å². The molecule has 2 N–H and O–H groups in total. The van der Waals surface area contributed by atoms with E-state index in [1.165, 1.54) is 12.3 Å². The van der Waals surface area contributed by atoms with Gasteiger partial charge >= 0.3 is 6.18 Å². The van der Waals surface area contributed by atoms with E-state index >= 15 is 0 Å². The van der Waals surface area contributed by atoms with E-state index in [2.05, 4.69) is 10.3 Å². The third-order valence-electron chi connectivity index (χ3n) is 4.97. The fraction of sp³-hybridized carbons (Fsp3) is 0.353. The molecule has 7 heteroatoms. The summed E-state index contributed by atoms with van der Waals surface area (Å²) in [6, 6.07) is 2.80.